The van der Waals surface area contributed by atoms with Gasteiger partial charge < -0.3 is 15.1 Å². The number of rotatable bonds is 4. The number of nitriles is 1. The number of benzene rings is 1. The van der Waals surface area contributed by atoms with E-state index < -0.39 is 0 Å². The first kappa shape index (κ1) is 17.4. The molecule has 132 valence electrons. The minimum Gasteiger partial charge on any atom is -0.352 e. The van der Waals surface area contributed by atoms with E-state index in [1.54, 1.807) is 47.5 Å². The van der Waals surface area contributed by atoms with Gasteiger partial charge in [-0.3, -0.25) is 9.59 Å². The number of carbonyl (C=O) groups excluding carboxylic acids is 2. The first-order valence-electron chi connectivity index (χ1n) is 8.40. The minimum atomic E-state index is -0.260. The van der Waals surface area contributed by atoms with Crippen molar-refractivity contribution in [2.24, 2.45) is 0 Å². The van der Waals surface area contributed by atoms with Crippen LogP contribution in [0, 0.1) is 11.3 Å². The Bertz CT molecular complexity index is 823. The number of amides is 2. The van der Waals surface area contributed by atoms with Gasteiger partial charge in [0.25, 0.3) is 5.91 Å². The van der Waals surface area contributed by atoms with Crippen LogP contribution in [0.3, 0.4) is 0 Å². The summed E-state index contributed by atoms with van der Waals surface area (Å²) in [4.78, 5) is 32.3. The van der Waals surface area contributed by atoms with Crippen LogP contribution in [0.5, 0.6) is 0 Å². The second-order valence-electron chi connectivity index (χ2n) is 5.90. The molecule has 0 bridgehead atoms. The number of hydrogen-bond acceptors (Lipinski definition) is 5. The van der Waals surface area contributed by atoms with Crippen LogP contribution >= 0.6 is 0 Å². The van der Waals surface area contributed by atoms with Gasteiger partial charge in [0.2, 0.25) is 5.91 Å². The second kappa shape index (κ2) is 8.12. The van der Waals surface area contributed by atoms with Crippen LogP contribution in [0.2, 0.25) is 0 Å². The third kappa shape index (κ3) is 3.98. The van der Waals surface area contributed by atoms with Crippen molar-refractivity contribution >= 4 is 17.6 Å². The van der Waals surface area contributed by atoms with Gasteiger partial charge in [0.1, 0.15) is 11.9 Å². The van der Waals surface area contributed by atoms with E-state index in [2.05, 4.69) is 16.4 Å². The third-order valence-corrected chi connectivity index (χ3v) is 4.28. The number of pyridine rings is 1. The number of aromatic nitrogens is 1. The van der Waals surface area contributed by atoms with E-state index in [4.69, 9.17) is 0 Å². The molecule has 0 atom stereocenters. The molecule has 1 fully saturated rings. The summed E-state index contributed by atoms with van der Waals surface area (Å²) in [6, 6.07) is 14.4. The molecule has 0 radical (unpaired) electrons. The number of anilines is 1. The molecule has 0 unspecified atom stereocenters. The number of nitrogens with one attached hydrogen (secondary N) is 1. The number of carbonyl (C=O) groups is 2. The zero-order valence-electron chi connectivity index (χ0n) is 14.3. The zero-order chi connectivity index (χ0) is 18.4. The van der Waals surface area contributed by atoms with Crippen molar-refractivity contribution in [1.29, 1.82) is 5.26 Å². The predicted octanol–water partition coefficient (Wildman–Crippen LogP) is 1.03. The van der Waals surface area contributed by atoms with Gasteiger partial charge in [-0.05, 0) is 24.3 Å². The molecule has 7 nitrogen and oxygen atoms in total. The lowest BCUT2D eigenvalue weighted by Gasteiger charge is -2.35. The summed E-state index contributed by atoms with van der Waals surface area (Å²) in [5.41, 5.74) is 1.06. The standard InChI is InChI=1S/C19H19N5O2/c20-13-16-7-4-8-21-18(16)24-11-9-23(10-12-24)17(25)14-22-19(26)15-5-2-1-3-6-15/h1-8H,9-12,14H2,(H,22,26). The van der Waals surface area contributed by atoms with E-state index in [1.807, 2.05) is 11.0 Å². The molecule has 0 saturated carbocycles. The van der Waals surface area contributed by atoms with Gasteiger partial charge >= 0.3 is 0 Å². The van der Waals surface area contributed by atoms with Gasteiger partial charge in [0.05, 0.1) is 12.1 Å². The van der Waals surface area contributed by atoms with Crippen molar-refractivity contribution in [2.45, 2.75) is 0 Å². The van der Waals surface area contributed by atoms with Crippen LogP contribution in [0.4, 0.5) is 5.82 Å². The fourth-order valence-corrected chi connectivity index (χ4v) is 2.86. The molecular formula is C19H19N5O2. The summed E-state index contributed by atoms with van der Waals surface area (Å²) in [6.45, 7) is 2.23. The highest BCUT2D eigenvalue weighted by Crippen LogP contribution is 2.17. The van der Waals surface area contributed by atoms with Gasteiger partial charge in [0, 0.05) is 37.9 Å². The quantitative estimate of drug-likeness (QED) is 0.891. The van der Waals surface area contributed by atoms with Gasteiger partial charge in [-0.15, -0.1) is 0 Å². The van der Waals surface area contributed by atoms with E-state index in [9.17, 15) is 14.9 Å². The van der Waals surface area contributed by atoms with Crippen molar-refractivity contribution < 1.29 is 9.59 Å². The van der Waals surface area contributed by atoms with Gasteiger partial charge in [-0.1, -0.05) is 18.2 Å². The average Bonchev–Trinajstić information content (AvgIpc) is 2.72. The molecule has 1 saturated heterocycles. The smallest absolute Gasteiger partial charge is 0.251 e. The Labute approximate surface area is 151 Å². The van der Waals surface area contributed by atoms with Crippen LogP contribution in [0.15, 0.2) is 48.7 Å². The van der Waals surface area contributed by atoms with Crippen molar-refractivity contribution in [3.8, 4) is 6.07 Å². The zero-order valence-corrected chi connectivity index (χ0v) is 14.3. The highest BCUT2D eigenvalue weighted by molar-refractivity contribution is 5.96. The topological polar surface area (TPSA) is 89.3 Å². The molecule has 7 heteroatoms. The Morgan fingerprint density at radius 2 is 1.81 bits per heavy atom. The first-order valence-corrected chi connectivity index (χ1v) is 8.40. The largest absolute Gasteiger partial charge is 0.352 e. The molecule has 0 spiro atoms. The molecule has 1 aliphatic heterocycles. The molecule has 1 aliphatic rings. The highest BCUT2D eigenvalue weighted by Gasteiger charge is 2.23. The van der Waals surface area contributed by atoms with E-state index in [0.29, 0.717) is 43.1 Å². The molecule has 2 amide bonds. The Hall–Kier alpha value is -3.40. The molecule has 1 N–H and O–H groups in total. The van der Waals surface area contributed by atoms with Crippen LogP contribution in [-0.2, 0) is 4.79 Å². The molecule has 3 rings (SSSR count). The average molecular weight is 349 g/mol. The molecule has 0 aliphatic carbocycles. The summed E-state index contributed by atoms with van der Waals surface area (Å²) in [5.74, 6) is 0.277. The maximum Gasteiger partial charge on any atom is 0.251 e. The van der Waals surface area contributed by atoms with Crippen LogP contribution in [0.25, 0.3) is 0 Å². The van der Waals surface area contributed by atoms with E-state index in [0.717, 1.165) is 0 Å². The summed E-state index contributed by atoms with van der Waals surface area (Å²) in [7, 11) is 0. The lowest BCUT2D eigenvalue weighted by atomic mass is 10.2. The van der Waals surface area contributed by atoms with Crippen LogP contribution < -0.4 is 10.2 Å². The maximum absolute atomic E-state index is 12.3. The second-order valence-corrected chi connectivity index (χ2v) is 5.90. The first-order chi connectivity index (χ1) is 12.7. The third-order valence-electron chi connectivity index (χ3n) is 4.28. The van der Waals surface area contributed by atoms with Crippen LogP contribution in [0.1, 0.15) is 15.9 Å². The number of piperazine rings is 1. The SMILES string of the molecule is N#Cc1cccnc1N1CCN(C(=O)CNC(=O)c2ccccc2)CC1. The molecule has 2 heterocycles. The minimum absolute atomic E-state index is 0.0270. The summed E-state index contributed by atoms with van der Waals surface area (Å²) in [5, 5.41) is 11.8. The Balaban J connectivity index is 1.51. The normalized spacial score (nSPS) is 13.8. The molecular weight excluding hydrogens is 330 g/mol. The molecule has 1 aromatic heterocycles. The van der Waals surface area contributed by atoms with Crippen molar-refractivity contribution in [1.82, 2.24) is 15.2 Å². The Morgan fingerprint density at radius 1 is 1.08 bits per heavy atom. The number of nitrogens with zero attached hydrogens (tertiary/aromatic N) is 4. The fourth-order valence-electron chi connectivity index (χ4n) is 2.86. The monoisotopic (exact) mass is 349 g/mol. The van der Waals surface area contributed by atoms with Gasteiger partial charge in [-0.25, -0.2) is 4.98 Å². The molecule has 26 heavy (non-hydrogen) atoms. The van der Waals surface area contributed by atoms with Crippen molar-refractivity contribution in [2.75, 3.05) is 37.6 Å². The van der Waals surface area contributed by atoms with E-state index >= 15 is 0 Å². The molecule has 2 aromatic rings. The van der Waals surface area contributed by atoms with Crippen molar-refractivity contribution in [3.63, 3.8) is 0 Å². The lowest BCUT2D eigenvalue weighted by molar-refractivity contribution is -0.130. The van der Waals surface area contributed by atoms with Gasteiger partial charge in [0.15, 0.2) is 0 Å². The Kier molecular flexibility index (Phi) is 5.44. The summed E-state index contributed by atoms with van der Waals surface area (Å²) in [6.07, 6.45) is 1.66. The van der Waals surface area contributed by atoms with Crippen molar-refractivity contribution in [3.05, 3.63) is 59.8 Å². The van der Waals surface area contributed by atoms with E-state index in [1.165, 1.54) is 0 Å². The predicted molar refractivity (Wildman–Crippen MR) is 96.5 cm³/mol. The van der Waals surface area contributed by atoms with E-state index in [-0.39, 0.29) is 18.4 Å². The molecule has 1 aromatic carbocycles. The fraction of sp³-hybridized carbons (Fsp3) is 0.263. The lowest BCUT2D eigenvalue weighted by Crippen LogP contribution is -2.51. The maximum atomic E-state index is 12.3. The summed E-state index contributed by atoms with van der Waals surface area (Å²) < 4.78 is 0. The number of hydrogen-bond donors (Lipinski definition) is 1. The Morgan fingerprint density at radius 3 is 2.50 bits per heavy atom. The highest BCUT2D eigenvalue weighted by atomic mass is 16.2. The summed E-state index contributed by atoms with van der Waals surface area (Å²) >= 11 is 0. The van der Waals surface area contributed by atoms with Crippen LogP contribution in [-0.4, -0.2) is 54.4 Å². The van der Waals surface area contributed by atoms with Gasteiger partial charge in [-0.2, -0.15) is 5.26 Å².